The Labute approximate surface area is 269 Å². The lowest BCUT2D eigenvalue weighted by atomic mass is 9.33. The molecule has 9 atom stereocenters. The van der Waals surface area contributed by atoms with Crippen molar-refractivity contribution < 1.29 is 29.6 Å². The van der Waals surface area contributed by atoms with Gasteiger partial charge in [0.15, 0.2) is 0 Å². The van der Waals surface area contributed by atoms with Gasteiger partial charge < -0.3 is 20.1 Å². The number of carboxylic acids is 1. The Hall–Kier alpha value is -2.60. The lowest BCUT2D eigenvalue weighted by molar-refractivity contribution is -0.219. The van der Waals surface area contributed by atoms with Gasteiger partial charge in [-0.15, -0.1) is 0 Å². The fraction of sp³-hybridized carbons (Fsp3) is 0.692. The molecule has 4 fully saturated rings. The molecule has 0 bridgehead atoms. The van der Waals surface area contributed by atoms with Crippen molar-refractivity contribution in [2.24, 2.45) is 50.2 Å². The predicted molar refractivity (Wildman–Crippen MR) is 175 cm³/mol. The number of aromatic hydroxyl groups is 1. The van der Waals surface area contributed by atoms with Crippen molar-refractivity contribution in [1.29, 1.82) is 0 Å². The van der Waals surface area contributed by atoms with E-state index in [0.29, 0.717) is 12.3 Å². The molecule has 0 heterocycles. The summed E-state index contributed by atoms with van der Waals surface area (Å²) < 4.78 is 5.87. The normalized spacial score (nSPS) is 43.7. The molecule has 6 nitrogen and oxygen atoms in total. The summed E-state index contributed by atoms with van der Waals surface area (Å²) in [6.07, 6.45) is 14.0. The summed E-state index contributed by atoms with van der Waals surface area (Å²) in [5, 5.41) is 31.6. The second kappa shape index (κ2) is 10.7. The number of allylic oxidation sites excluding steroid dienone is 2. The molecule has 3 N–H and O–H groups in total. The van der Waals surface area contributed by atoms with Crippen LogP contribution in [0.3, 0.4) is 0 Å². The lowest BCUT2D eigenvalue weighted by Crippen LogP contribution is -2.66. The van der Waals surface area contributed by atoms with E-state index in [0.717, 1.165) is 63.4 Å². The number of rotatable bonds is 5. The lowest BCUT2D eigenvalue weighted by Gasteiger charge is -2.71. The number of phenols is 1. The number of carboxylic acid groups (broad SMARTS) is 1. The SMILES string of the molecule is CC1(C)CC[C@]2(C(=O)O)CC[C@]3(C)C(=CC[C@@H]4[C@@]5(C)CC[C@H](O)[C@@](C)(COC(=O)C=Cc6ccc(O)cc6)[C@@H]5CC[C@]43C)C2C1. The number of benzene rings is 1. The van der Waals surface area contributed by atoms with Gasteiger partial charge in [0, 0.05) is 11.5 Å². The van der Waals surface area contributed by atoms with Gasteiger partial charge in [-0.2, -0.15) is 0 Å². The van der Waals surface area contributed by atoms with E-state index in [1.165, 1.54) is 11.6 Å². The number of aliphatic hydroxyl groups excluding tert-OH is 1. The van der Waals surface area contributed by atoms with Crippen LogP contribution in [0.25, 0.3) is 6.08 Å². The Morgan fingerprint density at radius 1 is 0.911 bits per heavy atom. The Morgan fingerprint density at radius 2 is 1.60 bits per heavy atom. The molecule has 0 amide bonds. The van der Waals surface area contributed by atoms with Gasteiger partial charge >= 0.3 is 11.9 Å². The van der Waals surface area contributed by atoms with Crippen molar-refractivity contribution in [3.63, 3.8) is 0 Å². The number of hydrogen-bond donors (Lipinski definition) is 3. The maximum absolute atomic E-state index is 12.9. The maximum Gasteiger partial charge on any atom is 0.330 e. The van der Waals surface area contributed by atoms with Crippen LogP contribution in [-0.4, -0.2) is 40.0 Å². The van der Waals surface area contributed by atoms with E-state index in [1.807, 2.05) is 0 Å². The highest BCUT2D eigenvalue weighted by atomic mass is 16.5. The molecule has 1 aromatic rings. The molecular weight excluding hydrogens is 564 g/mol. The van der Waals surface area contributed by atoms with E-state index in [9.17, 15) is 24.9 Å². The fourth-order valence-corrected chi connectivity index (χ4v) is 11.7. The zero-order valence-electron chi connectivity index (χ0n) is 28.2. The van der Waals surface area contributed by atoms with Crippen LogP contribution in [0.1, 0.15) is 111 Å². The average Bonchev–Trinajstić information content (AvgIpc) is 2.98. The van der Waals surface area contributed by atoms with Gasteiger partial charge in [0.25, 0.3) is 0 Å². The Morgan fingerprint density at radius 3 is 2.29 bits per heavy atom. The van der Waals surface area contributed by atoms with Crippen LogP contribution in [-0.2, 0) is 14.3 Å². The minimum atomic E-state index is -0.640. The molecule has 0 aromatic heterocycles. The molecule has 4 saturated carbocycles. The van der Waals surface area contributed by atoms with E-state index in [2.05, 4.69) is 47.6 Å². The first-order valence-corrected chi connectivity index (χ1v) is 17.3. The number of fused-ring (bicyclic) bond motifs is 7. The van der Waals surface area contributed by atoms with Crippen LogP contribution in [0.2, 0.25) is 0 Å². The summed E-state index contributed by atoms with van der Waals surface area (Å²) in [7, 11) is 0. The summed E-state index contributed by atoms with van der Waals surface area (Å²) in [5.41, 5.74) is 1.11. The quantitative estimate of drug-likeness (QED) is 0.175. The van der Waals surface area contributed by atoms with Crippen molar-refractivity contribution in [3.05, 3.63) is 47.6 Å². The third-order valence-corrected chi connectivity index (χ3v) is 14.7. The van der Waals surface area contributed by atoms with Crippen molar-refractivity contribution in [1.82, 2.24) is 0 Å². The molecule has 5 aliphatic rings. The summed E-state index contributed by atoms with van der Waals surface area (Å²) in [6, 6.07) is 6.64. The van der Waals surface area contributed by atoms with Crippen molar-refractivity contribution >= 4 is 18.0 Å². The first-order valence-electron chi connectivity index (χ1n) is 17.3. The zero-order valence-corrected chi connectivity index (χ0v) is 28.2. The standard InChI is InChI=1S/C39H54O6/c1-34(2)19-21-39(33(43)44)22-20-37(5)27(28(39)23-34)12-13-30-35(3)17-16-31(41)36(4,29(35)15-18-38(30,37)6)24-45-32(42)14-9-25-7-10-26(40)11-8-25/h7-12,14,28-31,40-41H,13,15-24H2,1-6H3,(H,43,44)/t28?,29-,30-,31+,35+,36+,37-,38-,39+/m1/s1. The van der Waals surface area contributed by atoms with Gasteiger partial charge in [0.1, 0.15) is 5.75 Å². The summed E-state index contributed by atoms with van der Waals surface area (Å²) in [5.74, 6) is -0.152. The number of ether oxygens (including phenoxy) is 1. The summed E-state index contributed by atoms with van der Waals surface area (Å²) in [4.78, 5) is 25.8. The number of esters is 1. The molecule has 0 radical (unpaired) electrons. The molecule has 5 aliphatic carbocycles. The Balaban J connectivity index is 1.27. The van der Waals surface area contributed by atoms with Crippen LogP contribution in [0, 0.1) is 50.2 Å². The van der Waals surface area contributed by atoms with Crippen LogP contribution in [0.15, 0.2) is 42.0 Å². The number of carbonyl (C=O) groups excluding carboxylic acids is 1. The minimum absolute atomic E-state index is 0.0291. The maximum atomic E-state index is 12.9. The predicted octanol–water partition coefficient (Wildman–Crippen LogP) is 8.18. The molecule has 6 heteroatoms. The van der Waals surface area contributed by atoms with Crippen molar-refractivity contribution in [2.75, 3.05) is 6.61 Å². The molecule has 0 aliphatic heterocycles. The number of carbonyl (C=O) groups is 2. The van der Waals surface area contributed by atoms with Crippen LogP contribution in [0.4, 0.5) is 0 Å². The Kier molecular flexibility index (Phi) is 7.70. The van der Waals surface area contributed by atoms with Gasteiger partial charge in [-0.1, -0.05) is 65.3 Å². The topological polar surface area (TPSA) is 104 Å². The van der Waals surface area contributed by atoms with Gasteiger partial charge in [-0.3, -0.25) is 4.79 Å². The number of aliphatic carboxylic acids is 1. The molecule has 0 spiro atoms. The number of aliphatic hydroxyl groups is 1. The number of phenolic OH excluding ortho intramolecular Hbond substituents is 1. The fourth-order valence-electron chi connectivity index (χ4n) is 11.7. The molecular formula is C39H54O6. The van der Waals surface area contributed by atoms with Crippen LogP contribution >= 0.6 is 0 Å². The Bertz CT molecular complexity index is 1410. The van der Waals surface area contributed by atoms with Crippen molar-refractivity contribution in [3.8, 4) is 5.75 Å². The number of hydrogen-bond acceptors (Lipinski definition) is 5. The third kappa shape index (κ3) is 4.83. The molecule has 246 valence electrons. The van der Waals surface area contributed by atoms with Crippen LogP contribution < -0.4 is 0 Å². The monoisotopic (exact) mass is 618 g/mol. The molecule has 1 aromatic carbocycles. The largest absolute Gasteiger partial charge is 0.508 e. The van der Waals surface area contributed by atoms with E-state index < -0.39 is 28.9 Å². The second-order valence-corrected chi connectivity index (χ2v) is 17.3. The molecule has 0 saturated heterocycles. The highest BCUT2D eigenvalue weighted by Crippen LogP contribution is 2.75. The van der Waals surface area contributed by atoms with E-state index in [-0.39, 0.29) is 45.9 Å². The average molecular weight is 619 g/mol. The van der Waals surface area contributed by atoms with E-state index in [4.69, 9.17) is 4.74 Å². The van der Waals surface area contributed by atoms with Gasteiger partial charge in [-0.05, 0) is 127 Å². The second-order valence-electron chi connectivity index (χ2n) is 17.3. The third-order valence-electron chi connectivity index (χ3n) is 14.7. The van der Waals surface area contributed by atoms with Gasteiger partial charge in [0.05, 0.1) is 18.1 Å². The zero-order chi connectivity index (χ0) is 32.6. The highest BCUT2D eigenvalue weighted by molar-refractivity contribution is 5.87. The van der Waals surface area contributed by atoms with Crippen molar-refractivity contribution in [2.45, 2.75) is 112 Å². The van der Waals surface area contributed by atoms with Gasteiger partial charge in [-0.25, -0.2) is 4.79 Å². The van der Waals surface area contributed by atoms with E-state index in [1.54, 1.807) is 30.3 Å². The summed E-state index contributed by atoms with van der Waals surface area (Å²) in [6.45, 7) is 14.3. The first kappa shape index (κ1) is 32.3. The molecule has 6 rings (SSSR count). The molecule has 1 unspecified atom stereocenters. The highest BCUT2D eigenvalue weighted by Gasteiger charge is 2.69. The van der Waals surface area contributed by atoms with Crippen LogP contribution in [0.5, 0.6) is 5.75 Å². The minimum Gasteiger partial charge on any atom is -0.508 e. The van der Waals surface area contributed by atoms with E-state index >= 15 is 0 Å². The van der Waals surface area contributed by atoms with Gasteiger partial charge in [0.2, 0.25) is 0 Å². The summed E-state index contributed by atoms with van der Waals surface area (Å²) >= 11 is 0. The smallest absolute Gasteiger partial charge is 0.330 e. The molecule has 45 heavy (non-hydrogen) atoms. The first-order chi connectivity index (χ1) is 21.0.